The molecule has 0 spiro atoms. The van der Waals surface area contributed by atoms with E-state index in [9.17, 15) is 0 Å². The van der Waals surface area contributed by atoms with Crippen molar-refractivity contribution in [2.24, 2.45) is 0 Å². The summed E-state index contributed by atoms with van der Waals surface area (Å²) in [5.41, 5.74) is 5.75. The standard InChI is InChI=1S/C28H19Br2N/c29-24-16-23(17-25(30)19-24)21-10-13-27(14-11-21)31(26-8-2-1-3-9-26)28-15-12-20-6-4-5-7-22(20)18-28/h1-19H. The lowest BCUT2D eigenvalue weighted by molar-refractivity contribution is 1.29. The van der Waals surface area contributed by atoms with Gasteiger partial charge in [-0.15, -0.1) is 0 Å². The third-order valence-corrected chi connectivity index (χ3v) is 6.24. The van der Waals surface area contributed by atoms with Crippen molar-refractivity contribution in [3.8, 4) is 11.1 Å². The van der Waals surface area contributed by atoms with Crippen LogP contribution in [0.15, 0.2) is 124 Å². The maximum absolute atomic E-state index is 3.59. The molecule has 5 aromatic rings. The van der Waals surface area contributed by atoms with Crippen LogP contribution in [0.25, 0.3) is 21.9 Å². The van der Waals surface area contributed by atoms with E-state index < -0.39 is 0 Å². The molecule has 0 N–H and O–H groups in total. The Bertz CT molecular complexity index is 1320. The third-order valence-electron chi connectivity index (χ3n) is 5.33. The zero-order chi connectivity index (χ0) is 21.2. The summed E-state index contributed by atoms with van der Waals surface area (Å²) in [6.45, 7) is 0. The van der Waals surface area contributed by atoms with Crippen molar-refractivity contribution in [1.29, 1.82) is 0 Å². The Labute approximate surface area is 199 Å². The Hall–Kier alpha value is -2.88. The number of hydrogen-bond acceptors (Lipinski definition) is 1. The van der Waals surface area contributed by atoms with Crippen molar-refractivity contribution < 1.29 is 0 Å². The summed E-state index contributed by atoms with van der Waals surface area (Å²) in [6, 6.07) is 40.7. The molecule has 0 aliphatic rings. The monoisotopic (exact) mass is 527 g/mol. The van der Waals surface area contributed by atoms with Gasteiger partial charge in [0.1, 0.15) is 0 Å². The summed E-state index contributed by atoms with van der Waals surface area (Å²) < 4.78 is 2.12. The second kappa shape index (κ2) is 8.70. The molecule has 0 fully saturated rings. The van der Waals surface area contributed by atoms with Crippen LogP contribution in [0, 0.1) is 0 Å². The Balaban J connectivity index is 1.60. The molecular formula is C28H19Br2N. The number of hydrogen-bond donors (Lipinski definition) is 0. The predicted molar refractivity (Wildman–Crippen MR) is 139 cm³/mol. The average Bonchev–Trinajstić information content (AvgIpc) is 2.80. The maximum Gasteiger partial charge on any atom is 0.0468 e. The van der Waals surface area contributed by atoms with Crippen LogP contribution in [0.5, 0.6) is 0 Å². The first-order valence-electron chi connectivity index (χ1n) is 10.1. The molecule has 1 nitrogen and oxygen atoms in total. The summed E-state index contributed by atoms with van der Waals surface area (Å²) >= 11 is 7.18. The second-order valence-electron chi connectivity index (χ2n) is 7.41. The molecule has 0 aromatic heterocycles. The van der Waals surface area contributed by atoms with Crippen LogP contribution in [0.2, 0.25) is 0 Å². The van der Waals surface area contributed by atoms with Crippen molar-refractivity contribution in [3.63, 3.8) is 0 Å². The number of rotatable bonds is 4. The quantitative estimate of drug-likeness (QED) is 0.224. The molecule has 150 valence electrons. The molecule has 0 radical (unpaired) electrons. The lowest BCUT2D eigenvalue weighted by Crippen LogP contribution is -2.09. The number of benzene rings is 5. The Morgan fingerprint density at radius 2 is 1.00 bits per heavy atom. The molecule has 0 saturated heterocycles. The van der Waals surface area contributed by atoms with Gasteiger partial charge in [-0.1, -0.05) is 92.5 Å². The molecule has 0 amide bonds. The molecule has 0 aliphatic heterocycles. The fourth-order valence-corrected chi connectivity index (χ4v) is 5.16. The topological polar surface area (TPSA) is 3.24 Å². The van der Waals surface area contributed by atoms with E-state index in [1.165, 1.54) is 21.9 Å². The van der Waals surface area contributed by atoms with E-state index in [0.717, 1.165) is 26.0 Å². The van der Waals surface area contributed by atoms with Gasteiger partial charge in [0.05, 0.1) is 0 Å². The Morgan fingerprint density at radius 1 is 0.419 bits per heavy atom. The van der Waals surface area contributed by atoms with Gasteiger partial charge in [-0.2, -0.15) is 0 Å². The van der Waals surface area contributed by atoms with Crippen LogP contribution in [-0.2, 0) is 0 Å². The van der Waals surface area contributed by atoms with Crippen molar-refractivity contribution in [3.05, 3.63) is 124 Å². The summed E-state index contributed by atoms with van der Waals surface area (Å²) in [5.74, 6) is 0. The van der Waals surface area contributed by atoms with Gasteiger partial charge < -0.3 is 4.90 Å². The van der Waals surface area contributed by atoms with Gasteiger partial charge in [-0.05, 0) is 76.5 Å². The van der Waals surface area contributed by atoms with E-state index >= 15 is 0 Å². The molecular weight excluding hydrogens is 510 g/mol. The minimum absolute atomic E-state index is 1.06. The molecule has 0 atom stereocenters. The summed E-state index contributed by atoms with van der Waals surface area (Å²) in [5, 5.41) is 2.48. The zero-order valence-electron chi connectivity index (χ0n) is 16.7. The molecule has 3 heteroatoms. The number of para-hydroxylation sites is 1. The molecule has 0 heterocycles. The van der Waals surface area contributed by atoms with E-state index in [1.54, 1.807) is 0 Å². The number of halogens is 2. The first-order chi connectivity index (χ1) is 15.2. The highest BCUT2D eigenvalue weighted by Crippen LogP contribution is 2.37. The summed E-state index contributed by atoms with van der Waals surface area (Å²) in [6.07, 6.45) is 0. The van der Waals surface area contributed by atoms with Crippen molar-refractivity contribution >= 4 is 59.7 Å². The average molecular weight is 529 g/mol. The highest BCUT2D eigenvalue weighted by atomic mass is 79.9. The van der Waals surface area contributed by atoms with Crippen LogP contribution in [-0.4, -0.2) is 0 Å². The first kappa shape index (κ1) is 20.0. The number of fused-ring (bicyclic) bond motifs is 1. The van der Waals surface area contributed by atoms with Crippen LogP contribution >= 0.6 is 31.9 Å². The minimum atomic E-state index is 1.06. The fraction of sp³-hybridized carbons (Fsp3) is 0. The third kappa shape index (κ3) is 4.30. The number of nitrogens with zero attached hydrogens (tertiary/aromatic N) is 1. The Kier molecular flexibility index (Phi) is 5.63. The minimum Gasteiger partial charge on any atom is -0.310 e. The van der Waals surface area contributed by atoms with Crippen molar-refractivity contribution in [2.45, 2.75) is 0 Å². The van der Waals surface area contributed by atoms with E-state index in [1.807, 2.05) is 0 Å². The highest BCUT2D eigenvalue weighted by molar-refractivity contribution is 9.11. The van der Waals surface area contributed by atoms with Gasteiger partial charge in [-0.25, -0.2) is 0 Å². The van der Waals surface area contributed by atoms with Gasteiger partial charge in [0, 0.05) is 26.0 Å². The highest BCUT2D eigenvalue weighted by Gasteiger charge is 2.13. The van der Waals surface area contributed by atoms with Gasteiger partial charge in [0.25, 0.3) is 0 Å². The second-order valence-corrected chi connectivity index (χ2v) is 9.24. The fourth-order valence-electron chi connectivity index (χ4n) is 3.86. The Morgan fingerprint density at radius 3 is 1.71 bits per heavy atom. The van der Waals surface area contributed by atoms with Crippen molar-refractivity contribution in [2.75, 3.05) is 4.90 Å². The normalized spacial score (nSPS) is 10.9. The zero-order valence-corrected chi connectivity index (χ0v) is 19.8. The molecule has 5 aromatic carbocycles. The largest absolute Gasteiger partial charge is 0.310 e. The molecule has 0 bridgehead atoms. The van der Waals surface area contributed by atoms with E-state index in [4.69, 9.17) is 0 Å². The molecule has 0 unspecified atom stereocenters. The summed E-state index contributed by atoms with van der Waals surface area (Å²) in [4.78, 5) is 2.30. The van der Waals surface area contributed by atoms with Gasteiger partial charge >= 0.3 is 0 Å². The molecule has 0 aliphatic carbocycles. The summed E-state index contributed by atoms with van der Waals surface area (Å²) in [7, 11) is 0. The van der Waals surface area contributed by atoms with Gasteiger partial charge in [0.2, 0.25) is 0 Å². The lowest BCUT2D eigenvalue weighted by atomic mass is 10.0. The van der Waals surface area contributed by atoms with Crippen LogP contribution in [0.3, 0.4) is 0 Å². The first-order valence-corrected chi connectivity index (χ1v) is 11.7. The SMILES string of the molecule is Brc1cc(Br)cc(-c2ccc(N(c3ccccc3)c3ccc4ccccc4c3)cc2)c1. The smallest absolute Gasteiger partial charge is 0.0468 e. The van der Waals surface area contributed by atoms with E-state index in [2.05, 4.69) is 152 Å². The van der Waals surface area contributed by atoms with Gasteiger partial charge in [0.15, 0.2) is 0 Å². The predicted octanol–water partition coefficient (Wildman–Crippen LogP) is 9.50. The van der Waals surface area contributed by atoms with E-state index in [-0.39, 0.29) is 0 Å². The van der Waals surface area contributed by atoms with Gasteiger partial charge in [-0.3, -0.25) is 0 Å². The van der Waals surface area contributed by atoms with E-state index in [0.29, 0.717) is 0 Å². The van der Waals surface area contributed by atoms with Crippen LogP contribution < -0.4 is 4.90 Å². The maximum atomic E-state index is 3.59. The number of anilines is 3. The molecule has 31 heavy (non-hydrogen) atoms. The van der Waals surface area contributed by atoms with Crippen LogP contribution in [0.1, 0.15) is 0 Å². The molecule has 0 saturated carbocycles. The van der Waals surface area contributed by atoms with Crippen molar-refractivity contribution in [1.82, 2.24) is 0 Å². The van der Waals surface area contributed by atoms with Crippen LogP contribution in [0.4, 0.5) is 17.1 Å². The lowest BCUT2D eigenvalue weighted by Gasteiger charge is -2.26. The molecule has 5 rings (SSSR count).